The first-order valence-electron chi connectivity index (χ1n) is 4.78. The highest BCUT2D eigenvalue weighted by atomic mass is 32.2. The van der Waals surface area contributed by atoms with Crippen molar-refractivity contribution in [2.45, 2.75) is 31.9 Å². The minimum atomic E-state index is -0.729. The van der Waals surface area contributed by atoms with Gasteiger partial charge in [-0.1, -0.05) is 13.8 Å². The monoisotopic (exact) mass is 220 g/mol. The van der Waals surface area contributed by atoms with E-state index in [1.807, 2.05) is 13.8 Å². The highest BCUT2D eigenvalue weighted by molar-refractivity contribution is 8.01. The van der Waals surface area contributed by atoms with E-state index >= 15 is 0 Å². The molecule has 0 aliphatic rings. The van der Waals surface area contributed by atoms with Crippen molar-refractivity contribution in [2.75, 3.05) is 19.5 Å². The van der Waals surface area contributed by atoms with E-state index in [2.05, 4.69) is 0 Å². The number of rotatable bonds is 7. The molecule has 0 aliphatic carbocycles. The van der Waals surface area contributed by atoms with Crippen LogP contribution in [0.3, 0.4) is 0 Å². The van der Waals surface area contributed by atoms with Gasteiger partial charge in [0.05, 0.1) is 6.61 Å². The van der Waals surface area contributed by atoms with Crippen LogP contribution in [0.1, 0.15) is 27.2 Å². The molecule has 1 atom stereocenters. The maximum absolute atomic E-state index is 11.1. The van der Waals surface area contributed by atoms with E-state index in [4.69, 9.17) is 9.84 Å². The van der Waals surface area contributed by atoms with Crippen molar-refractivity contribution in [3.8, 4) is 0 Å². The van der Waals surface area contributed by atoms with Crippen LogP contribution in [0.2, 0.25) is 0 Å². The first-order valence-corrected chi connectivity index (χ1v) is 5.77. The molecule has 0 aromatic rings. The Morgan fingerprint density at radius 3 is 2.50 bits per heavy atom. The lowest BCUT2D eigenvalue weighted by atomic mass is 9.98. The number of hydrogen-bond acceptors (Lipinski definition) is 3. The minimum Gasteiger partial charge on any atom is -0.480 e. The second kappa shape index (κ2) is 6.30. The van der Waals surface area contributed by atoms with Crippen molar-refractivity contribution in [2.24, 2.45) is 5.92 Å². The summed E-state index contributed by atoms with van der Waals surface area (Å²) < 4.78 is 4.23. The van der Waals surface area contributed by atoms with Gasteiger partial charge in [0.2, 0.25) is 0 Å². The Morgan fingerprint density at radius 1 is 1.57 bits per heavy atom. The maximum atomic E-state index is 11.1. The van der Waals surface area contributed by atoms with Gasteiger partial charge in [-0.3, -0.25) is 4.79 Å². The van der Waals surface area contributed by atoms with E-state index in [1.165, 1.54) is 11.8 Å². The van der Waals surface area contributed by atoms with Crippen molar-refractivity contribution in [3.05, 3.63) is 0 Å². The van der Waals surface area contributed by atoms with Crippen LogP contribution < -0.4 is 0 Å². The second-order valence-corrected chi connectivity index (χ2v) is 5.57. The molecule has 0 aromatic heterocycles. The highest BCUT2D eigenvalue weighted by Gasteiger charge is 2.33. The summed E-state index contributed by atoms with van der Waals surface area (Å²) in [5, 5.41) is 9.12. The lowest BCUT2D eigenvalue weighted by molar-refractivity contribution is -0.139. The summed E-state index contributed by atoms with van der Waals surface area (Å²) in [6.07, 6.45) is 0.691. The van der Waals surface area contributed by atoms with Crippen LogP contribution in [0.25, 0.3) is 0 Å². The standard InChI is InChI=1S/C10H20O3S/c1-8(2)7-10(3,9(11)12)14-6-5-13-4/h8H,5-7H2,1-4H3,(H,11,12). The SMILES string of the molecule is COCCSC(C)(CC(C)C)C(=O)O. The van der Waals surface area contributed by atoms with E-state index < -0.39 is 10.7 Å². The summed E-state index contributed by atoms with van der Waals surface area (Å²) in [5.74, 6) is 0.393. The number of carboxylic acids is 1. The second-order valence-electron chi connectivity index (χ2n) is 3.98. The van der Waals surface area contributed by atoms with Crippen LogP contribution in [0.5, 0.6) is 0 Å². The molecule has 0 aromatic carbocycles. The lowest BCUT2D eigenvalue weighted by Gasteiger charge is -2.25. The fourth-order valence-electron chi connectivity index (χ4n) is 1.34. The number of carbonyl (C=O) groups is 1. The number of thioether (sulfide) groups is 1. The van der Waals surface area contributed by atoms with Crippen molar-refractivity contribution in [1.82, 2.24) is 0 Å². The highest BCUT2D eigenvalue weighted by Crippen LogP contribution is 2.32. The molecule has 1 N–H and O–H groups in total. The number of ether oxygens (including phenoxy) is 1. The van der Waals surface area contributed by atoms with Crippen LogP contribution in [0.4, 0.5) is 0 Å². The first kappa shape index (κ1) is 13.8. The summed E-state index contributed by atoms with van der Waals surface area (Å²) in [6, 6.07) is 0. The van der Waals surface area contributed by atoms with Gasteiger partial charge >= 0.3 is 5.97 Å². The zero-order chi connectivity index (χ0) is 11.2. The first-order chi connectivity index (χ1) is 6.42. The Kier molecular flexibility index (Phi) is 6.20. The van der Waals surface area contributed by atoms with Crippen molar-refractivity contribution >= 4 is 17.7 Å². The quantitative estimate of drug-likeness (QED) is 0.668. The fourth-order valence-corrected chi connectivity index (χ4v) is 2.61. The van der Waals surface area contributed by atoms with E-state index in [1.54, 1.807) is 14.0 Å². The normalized spacial score (nSPS) is 15.5. The van der Waals surface area contributed by atoms with Gasteiger partial charge < -0.3 is 9.84 Å². The van der Waals surface area contributed by atoms with Gasteiger partial charge in [-0.2, -0.15) is 0 Å². The van der Waals surface area contributed by atoms with Crippen molar-refractivity contribution < 1.29 is 14.6 Å². The third-order valence-electron chi connectivity index (χ3n) is 1.96. The van der Waals surface area contributed by atoms with Gasteiger partial charge in [-0.25, -0.2) is 0 Å². The van der Waals surface area contributed by atoms with Gasteiger partial charge in [0.25, 0.3) is 0 Å². The largest absolute Gasteiger partial charge is 0.480 e. The number of methoxy groups -OCH3 is 1. The molecule has 0 aliphatic heterocycles. The fraction of sp³-hybridized carbons (Fsp3) is 0.900. The molecule has 1 unspecified atom stereocenters. The lowest BCUT2D eigenvalue weighted by Crippen LogP contribution is -2.33. The zero-order valence-electron chi connectivity index (χ0n) is 9.37. The van der Waals surface area contributed by atoms with Crippen LogP contribution >= 0.6 is 11.8 Å². The van der Waals surface area contributed by atoms with E-state index in [9.17, 15) is 4.79 Å². The molecule has 4 heteroatoms. The molecule has 0 spiro atoms. The maximum Gasteiger partial charge on any atom is 0.319 e. The molecule has 0 fully saturated rings. The molecule has 0 bridgehead atoms. The zero-order valence-corrected chi connectivity index (χ0v) is 10.2. The Labute approximate surface area is 90.2 Å². The summed E-state index contributed by atoms with van der Waals surface area (Å²) in [7, 11) is 1.63. The molecule has 0 amide bonds. The number of aliphatic carboxylic acids is 1. The van der Waals surface area contributed by atoms with Crippen LogP contribution in [0.15, 0.2) is 0 Å². The molecule has 0 radical (unpaired) electrons. The van der Waals surface area contributed by atoms with Gasteiger partial charge in [0.15, 0.2) is 0 Å². The molecule has 0 rings (SSSR count). The van der Waals surface area contributed by atoms with Crippen molar-refractivity contribution in [1.29, 1.82) is 0 Å². The van der Waals surface area contributed by atoms with Gasteiger partial charge in [0.1, 0.15) is 4.75 Å². The molecule has 0 saturated carbocycles. The van der Waals surface area contributed by atoms with Crippen LogP contribution in [-0.2, 0) is 9.53 Å². The molecule has 3 nitrogen and oxygen atoms in total. The van der Waals surface area contributed by atoms with Crippen LogP contribution in [0, 0.1) is 5.92 Å². The average molecular weight is 220 g/mol. The topological polar surface area (TPSA) is 46.5 Å². The van der Waals surface area contributed by atoms with Crippen molar-refractivity contribution in [3.63, 3.8) is 0 Å². The molecule has 0 saturated heterocycles. The molecule has 84 valence electrons. The smallest absolute Gasteiger partial charge is 0.319 e. The Bertz CT molecular complexity index is 182. The van der Waals surface area contributed by atoms with Gasteiger partial charge in [-0.05, 0) is 19.3 Å². The summed E-state index contributed by atoms with van der Waals surface area (Å²) in [4.78, 5) is 11.1. The molecule has 0 heterocycles. The predicted molar refractivity (Wildman–Crippen MR) is 59.8 cm³/mol. The summed E-state index contributed by atoms with van der Waals surface area (Å²) in [5.41, 5.74) is 0. The minimum absolute atomic E-state index is 0.395. The summed E-state index contributed by atoms with van der Waals surface area (Å²) in [6.45, 7) is 6.47. The molecular formula is C10H20O3S. The van der Waals surface area contributed by atoms with E-state index in [0.717, 1.165) is 5.75 Å². The number of carboxylic acid groups (broad SMARTS) is 1. The van der Waals surface area contributed by atoms with Gasteiger partial charge in [-0.15, -0.1) is 11.8 Å². The Balaban J connectivity index is 4.17. The third kappa shape index (κ3) is 4.86. The van der Waals surface area contributed by atoms with Gasteiger partial charge in [0, 0.05) is 12.9 Å². The predicted octanol–water partition coefficient (Wildman–Crippen LogP) is 2.26. The van der Waals surface area contributed by atoms with E-state index in [0.29, 0.717) is 18.9 Å². The molecule has 14 heavy (non-hydrogen) atoms. The third-order valence-corrected chi connectivity index (χ3v) is 3.31. The Hall–Kier alpha value is -0.220. The molecular weight excluding hydrogens is 200 g/mol. The van der Waals surface area contributed by atoms with E-state index in [-0.39, 0.29) is 0 Å². The van der Waals surface area contributed by atoms with Crippen LogP contribution in [-0.4, -0.2) is 35.3 Å². The summed E-state index contributed by atoms with van der Waals surface area (Å²) >= 11 is 1.46. The average Bonchev–Trinajstić information content (AvgIpc) is 2.03. The number of hydrogen-bond donors (Lipinski definition) is 1. The Morgan fingerprint density at radius 2 is 2.14 bits per heavy atom.